The second-order valence-electron chi connectivity index (χ2n) is 4.26. The van der Waals surface area contributed by atoms with Crippen LogP contribution in [0, 0.1) is 0 Å². The van der Waals surface area contributed by atoms with Gasteiger partial charge in [-0.3, -0.25) is 0 Å². The summed E-state index contributed by atoms with van der Waals surface area (Å²) in [6.45, 7) is 5.88. The molecule has 1 unspecified atom stereocenters. The van der Waals surface area contributed by atoms with Crippen LogP contribution in [0.4, 0.5) is 0 Å². The van der Waals surface area contributed by atoms with Gasteiger partial charge in [0.2, 0.25) is 0 Å². The van der Waals surface area contributed by atoms with Crippen LogP contribution in [0.5, 0.6) is 0 Å². The highest BCUT2D eigenvalue weighted by Crippen LogP contribution is 2.14. The van der Waals surface area contributed by atoms with Gasteiger partial charge in [0.05, 0.1) is 13.1 Å². The molecule has 0 aliphatic rings. The van der Waals surface area contributed by atoms with Crippen LogP contribution in [-0.2, 0) is 16.1 Å². The highest BCUT2D eigenvalue weighted by molar-refractivity contribution is 14.1. The third-order valence-corrected chi connectivity index (χ3v) is 4.27. The Morgan fingerprint density at radius 1 is 1.38 bits per heavy atom. The molecule has 0 heterocycles. The third kappa shape index (κ3) is 9.81. The lowest BCUT2D eigenvalue weighted by Crippen LogP contribution is -3.10. The Morgan fingerprint density at radius 2 is 1.95 bits per heavy atom. The zero-order valence-corrected chi connectivity index (χ0v) is 15.5. The molecule has 0 aliphatic carbocycles. The fourth-order valence-corrected chi connectivity index (χ4v) is 2.42. The number of quaternary nitrogens is 1. The molecule has 0 aliphatic heterocycles. The molecule has 1 aromatic rings. The predicted molar refractivity (Wildman–Crippen MR) is 90.4 cm³/mol. The number of aliphatic carboxylic acids is 2. The molecular weight excluding hydrogens is 453 g/mol. The maximum Gasteiger partial charge on any atom is 0.351 e. The van der Waals surface area contributed by atoms with E-state index in [0.717, 1.165) is 6.54 Å². The van der Waals surface area contributed by atoms with Crippen molar-refractivity contribution in [2.24, 2.45) is 0 Å². The van der Waals surface area contributed by atoms with E-state index in [2.05, 4.69) is 69.7 Å². The first-order valence-corrected chi connectivity index (χ1v) is 8.81. The van der Waals surface area contributed by atoms with E-state index in [4.69, 9.17) is 19.8 Å². The van der Waals surface area contributed by atoms with Crippen molar-refractivity contribution in [2.75, 3.05) is 17.5 Å². The Kier molecular flexibility index (Phi) is 11.6. The van der Waals surface area contributed by atoms with Crippen molar-refractivity contribution >= 4 is 50.5 Å². The van der Waals surface area contributed by atoms with E-state index in [-0.39, 0.29) is 0 Å². The van der Waals surface area contributed by atoms with E-state index >= 15 is 0 Å². The highest BCUT2D eigenvalue weighted by Gasteiger charge is 2.08. The van der Waals surface area contributed by atoms with Crippen LogP contribution in [-0.4, -0.2) is 34.6 Å². The second kappa shape index (κ2) is 11.9. The van der Waals surface area contributed by atoms with Gasteiger partial charge in [0.1, 0.15) is 6.54 Å². The van der Waals surface area contributed by atoms with Gasteiger partial charge in [-0.25, -0.2) is 4.79 Å². The Bertz CT molecular complexity index is 444. The van der Waals surface area contributed by atoms with Gasteiger partial charge in [0, 0.05) is 20.9 Å². The molecule has 2 N–H and O–H groups in total. The fraction of sp³-hybridized carbons (Fsp3) is 0.429. The Hall–Kier alpha value is -0.670. The number of benzene rings is 1. The molecule has 118 valence electrons. The van der Waals surface area contributed by atoms with Gasteiger partial charge in [0.25, 0.3) is 0 Å². The quantitative estimate of drug-likeness (QED) is 0.359. The zero-order valence-electron chi connectivity index (χ0n) is 11.8. The lowest BCUT2D eigenvalue weighted by atomic mass is 10.2. The maximum atomic E-state index is 9.04. The number of halogens is 2. The number of alkyl halides is 1. The third-order valence-electron chi connectivity index (χ3n) is 2.74. The van der Waals surface area contributed by atoms with Gasteiger partial charge in [-0.05, 0) is 13.0 Å². The van der Waals surface area contributed by atoms with Crippen molar-refractivity contribution in [3.63, 3.8) is 0 Å². The average Bonchev–Trinajstić information content (AvgIpc) is 2.46. The molecule has 0 bridgehead atoms. The van der Waals surface area contributed by atoms with Crippen LogP contribution in [0.3, 0.4) is 0 Å². The van der Waals surface area contributed by atoms with Crippen molar-refractivity contribution < 1.29 is 24.7 Å². The van der Waals surface area contributed by atoms with Gasteiger partial charge in [-0.15, -0.1) is 0 Å². The number of carboxylic acids is 2. The van der Waals surface area contributed by atoms with Gasteiger partial charge in [0.15, 0.2) is 5.97 Å². The van der Waals surface area contributed by atoms with Crippen molar-refractivity contribution in [3.05, 3.63) is 34.3 Å². The summed E-state index contributed by atoms with van der Waals surface area (Å²) in [6, 6.07) is 8.53. The molecule has 0 aromatic heterocycles. The fourth-order valence-electron chi connectivity index (χ4n) is 1.62. The first-order valence-electron chi connectivity index (χ1n) is 6.49. The Balaban J connectivity index is 0.000000567. The average molecular weight is 472 g/mol. The number of hydrogen-bond acceptors (Lipinski definition) is 3. The van der Waals surface area contributed by atoms with Crippen LogP contribution >= 0.6 is 38.5 Å². The minimum absolute atomic E-state index is 1.13. The molecule has 21 heavy (non-hydrogen) atoms. The standard InChI is InChI=1S/C12H17BrIN.C2H2O4/c1-2-15(9-5-8-14)10-11-6-3-4-7-12(11)13;3-1(4)2(5)6/h3-4,6-7H,2,5,8-10H2,1H3;(H,3,4)(H,5,6). The van der Waals surface area contributed by atoms with Crippen LogP contribution in [0.15, 0.2) is 28.7 Å². The summed E-state index contributed by atoms with van der Waals surface area (Å²) in [4.78, 5) is 19.7. The van der Waals surface area contributed by atoms with Crippen LogP contribution < -0.4 is 10.0 Å². The van der Waals surface area contributed by atoms with Crippen molar-refractivity contribution in [1.82, 2.24) is 0 Å². The van der Waals surface area contributed by atoms with Gasteiger partial charge in [-0.1, -0.05) is 56.7 Å². The molecule has 1 atom stereocenters. The summed E-state index contributed by atoms with van der Waals surface area (Å²) in [5.74, 6) is -4.01. The van der Waals surface area contributed by atoms with Crippen molar-refractivity contribution in [1.29, 1.82) is 0 Å². The van der Waals surface area contributed by atoms with E-state index in [1.807, 2.05) is 0 Å². The van der Waals surface area contributed by atoms with E-state index in [9.17, 15) is 0 Å². The topological polar surface area (TPSA) is 81.9 Å². The largest absolute Gasteiger partial charge is 0.539 e. The van der Waals surface area contributed by atoms with Crippen LogP contribution in [0.1, 0.15) is 18.9 Å². The first-order chi connectivity index (χ1) is 9.92. The summed E-state index contributed by atoms with van der Waals surface area (Å²) in [6.07, 6.45) is 1.31. The van der Waals surface area contributed by atoms with E-state index in [1.165, 1.54) is 34.0 Å². The van der Waals surface area contributed by atoms with Gasteiger partial charge in [-0.2, -0.15) is 0 Å². The van der Waals surface area contributed by atoms with Crippen LogP contribution in [0.25, 0.3) is 0 Å². The summed E-state index contributed by atoms with van der Waals surface area (Å²) in [5, 5.41) is 16.3. The number of hydrogen-bond donors (Lipinski definition) is 2. The zero-order chi connectivity index (χ0) is 16.3. The van der Waals surface area contributed by atoms with E-state index < -0.39 is 11.9 Å². The molecule has 0 fully saturated rings. The highest BCUT2D eigenvalue weighted by atomic mass is 127. The Labute approximate surface area is 146 Å². The smallest absolute Gasteiger partial charge is 0.351 e. The normalized spacial score (nSPS) is 11.2. The summed E-state index contributed by atoms with van der Waals surface area (Å²) in [5.41, 5.74) is 1.42. The minimum Gasteiger partial charge on any atom is -0.539 e. The first kappa shape index (κ1) is 20.3. The molecule has 0 amide bonds. The number of carbonyl (C=O) groups excluding carboxylic acids is 1. The van der Waals surface area contributed by atoms with Gasteiger partial charge < -0.3 is 19.9 Å². The number of carbonyl (C=O) groups is 2. The minimum atomic E-state index is -2.07. The molecule has 5 nitrogen and oxygen atoms in total. The Morgan fingerprint density at radius 3 is 2.38 bits per heavy atom. The monoisotopic (exact) mass is 471 g/mol. The molecule has 1 aromatic carbocycles. The van der Waals surface area contributed by atoms with E-state index in [0.29, 0.717) is 0 Å². The maximum absolute atomic E-state index is 9.04. The van der Waals surface area contributed by atoms with E-state index in [1.54, 1.807) is 4.90 Å². The molecule has 0 radical (unpaired) electrons. The van der Waals surface area contributed by atoms with Gasteiger partial charge >= 0.3 is 5.97 Å². The lowest BCUT2D eigenvalue weighted by Gasteiger charge is -2.17. The SMILES string of the molecule is CC[NH+](CCCI)Cc1ccccc1Br.O=C([O-])C(=O)O. The lowest BCUT2D eigenvalue weighted by molar-refractivity contribution is -0.912. The molecule has 7 heteroatoms. The molecule has 0 spiro atoms. The van der Waals surface area contributed by atoms with Crippen molar-refractivity contribution in [2.45, 2.75) is 19.9 Å². The molecular formula is C14H19BrINO4. The summed E-state index contributed by atoms with van der Waals surface area (Å²) < 4.78 is 2.50. The van der Waals surface area contributed by atoms with Crippen LogP contribution in [0.2, 0.25) is 0 Å². The summed E-state index contributed by atoms with van der Waals surface area (Å²) >= 11 is 6.06. The number of carboxylic acid groups (broad SMARTS) is 2. The molecule has 0 saturated heterocycles. The molecule has 1 rings (SSSR count). The number of rotatable bonds is 6. The van der Waals surface area contributed by atoms with Crippen molar-refractivity contribution in [3.8, 4) is 0 Å². The molecule has 0 saturated carbocycles. The number of nitrogens with one attached hydrogen (secondary N) is 1. The second-order valence-corrected chi connectivity index (χ2v) is 6.19. The predicted octanol–water partition coefficient (Wildman–Crippen LogP) is 0.500. The summed E-state index contributed by atoms with van der Waals surface area (Å²) in [7, 11) is 0.